The molecule has 2 rings (SSSR count). The van der Waals surface area contributed by atoms with E-state index < -0.39 is 0 Å². The van der Waals surface area contributed by atoms with E-state index in [1.807, 2.05) is 6.08 Å². The molecule has 0 aliphatic heterocycles. The van der Waals surface area contributed by atoms with Gasteiger partial charge in [-0.15, -0.1) is 17.9 Å². The fourth-order valence-electron chi connectivity index (χ4n) is 2.11. The third-order valence-electron chi connectivity index (χ3n) is 3.43. The van der Waals surface area contributed by atoms with Gasteiger partial charge in [-0.25, -0.2) is 4.98 Å². The van der Waals surface area contributed by atoms with Crippen molar-refractivity contribution in [2.24, 2.45) is 0 Å². The quantitative estimate of drug-likeness (QED) is 0.640. The van der Waals surface area contributed by atoms with E-state index in [0.717, 1.165) is 25.2 Å². The zero-order chi connectivity index (χ0) is 14.5. The van der Waals surface area contributed by atoms with Crippen LogP contribution in [-0.4, -0.2) is 18.1 Å². The summed E-state index contributed by atoms with van der Waals surface area (Å²) in [7, 11) is 0. The lowest BCUT2D eigenvalue weighted by Crippen LogP contribution is -2.16. The van der Waals surface area contributed by atoms with Crippen molar-refractivity contribution in [3.63, 3.8) is 0 Å². The smallest absolute Gasteiger partial charge is 0.0948 e. The molecule has 0 saturated heterocycles. The Morgan fingerprint density at radius 3 is 2.75 bits per heavy atom. The van der Waals surface area contributed by atoms with Crippen LogP contribution in [0.25, 0.3) is 11.3 Å². The molecule has 0 saturated carbocycles. The van der Waals surface area contributed by atoms with E-state index >= 15 is 0 Å². The van der Waals surface area contributed by atoms with Crippen molar-refractivity contribution >= 4 is 11.3 Å². The van der Waals surface area contributed by atoms with E-state index in [1.54, 1.807) is 11.3 Å². The molecule has 2 nitrogen and oxygen atoms in total. The van der Waals surface area contributed by atoms with Crippen molar-refractivity contribution in [2.45, 2.75) is 27.2 Å². The van der Waals surface area contributed by atoms with Crippen LogP contribution in [0.4, 0.5) is 0 Å². The van der Waals surface area contributed by atoms with E-state index in [2.05, 4.69) is 50.9 Å². The minimum absolute atomic E-state index is 0.856. The first kappa shape index (κ1) is 14.9. The third-order valence-corrected chi connectivity index (χ3v) is 4.46. The molecule has 2 aromatic rings. The Morgan fingerprint density at radius 1 is 1.25 bits per heavy atom. The van der Waals surface area contributed by atoms with Gasteiger partial charge in [-0.05, 0) is 38.0 Å². The lowest BCUT2D eigenvalue weighted by Gasteiger charge is -2.03. The number of thiazole rings is 1. The minimum atomic E-state index is 0.856. The van der Waals surface area contributed by atoms with Crippen molar-refractivity contribution in [3.8, 4) is 11.3 Å². The van der Waals surface area contributed by atoms with Crippen LogP contribution in [0.1, 0.15) is 21.0 Å². The van der Waals surface area contributed by atoms with Gasteiger partial charge in [0, 0.05) is 30.0 Å². The van der Waals surface area contributed by atoms with Crippen molar-refractivity contribution in [1.82, 2.24) is 10.3 Å². The van der Waals surface area contributed by atoms with Crippen molar-refractivity contribution in [2.75, 3.05) is 13.1 Å². The molecule has 0 atom stereocenters. The summed E-state index contributed by atoms with van der Waals surface area (Å²) < 4.78 is 0. The Morgan fingerprint density at radius 2 is 2.05 bits per heavy atom. The molecule has 1 heterocycles. The van der Waals surface area contributed by atoms with Crippen LogP contribution >= 0.6 is 11.3 Å². The molecule has 20 heavy (non-hydrogen) atoms. The van der Waals surface area contributed by atoms with Crippen molar-refractivity contribution < 1.29 is 0 Å². The number of aromatic nitrogens is 1. The van der Waals surface area contributed by atoms with Gasteiger partial charge in [-0.2, -0.15) is 0 Å². The maximum absolute atomic E-state index is 4.80. The molecule has 0 aliphatic rings. The van der Waals surface area contributed by atoms with Gasteiger partial charge in [0.15, 0.2) is 0 Å². The Bertz CT molecular complexity index is 599. The number of hydrogen-bond donors (Lipinski definition) is 1. The van der Waals surface area contributed by atoms with Crippen LogP contribution in [0.15, 0.2) is 30.9 Å². The highest BCUT2D eigenvalue weighted by atomic mass is 32.1. The summed E-state index contributed by atoms with van der Waals surface area (Å²) in [5.41, 5.74) is 5.02. The molecule has 0 amide bonds. The summed E-state index contributed by atoms with van der Waals surface area (Å²) in [6.07, 6.45) is 2.86. The van der Waals surface area contributed by atoms with Gasteiger partial charge in [0.25, 0.3) is 0 Å². The maximum Gasteiger partial charge on any atom is 0.0948 e. The molecule has 1 N–H and O–H groups in total. The second-order valence-corrected chi connectivity index (χ2v) is 6.34. The molecular weight excluding hydrogens is 264 g/mol. The van der Waals surface area contributed by atoms with Crippen molar-refractivity contribution in [3.05, 3.63) is 51.9 Å². The van der Waals surface area contributed by atoms with E-state index in [9.17, 15) is 0 Å². The largest absolute Gasteiger partial charge is 0.313 e. The maximum atomic E-state index is 4.80. The molecule has 0 spiro atoms. The van der Waals surface area contributed by atoms with Gasteiger partial charge in [-0.1, -0.05) is 18.2 Å². The Hall–Kier alpha value is -1.45. The second-order valence-electron chi connectivity index (χ2n) is 5.05. The topological polar surface area (TPSA) is 24.9 Å². The molecule has 0 fully saturated rings. The Kier molecular flexibility index (Phi) is 5.10. The van der Waals surface area contributed by atoms with Crippen LogP contribution in [0.2, 0.25) is 0 Å². The molecule has 3 heteroatoms. The van der Waals surface area contributed by atoms with E-state index in [0.29, 0.717) is 0 Å². The van der Waals surface area contributed by atoms with Gasteiger partial charge in [-0.3, -0.25) is 0 Å². The fraction of sp³-hybridized carbons (Fsp3) is 0.353. The number of aryl methyl sites for hydroxylation is 3. The number of nitrogens with one attached hydrogen (secondary N) is 1. The zero-order valence-electron chi connectivity index (χ0n) is 12.5. The molecule has 1 aromatic carbocycles. The molecule has 0 aliphatic carbocycles. The monoisotopic (exact) mass is 286 g/mol. The highest BCUT2D eigenvalue weighted by molar-refractivity contribution is 7.12. The predicted octanol–water partition coefficient (Wildman–Crippen LogP) is 4.05. The van der Waals surface area contributed by atoms with Gasteiger partial charge in [0.1, 0.15) is 0 Å². The number of rotatable bonds is 6. The van der Waals surface area contributed by atoms with Crippen LogP contribution < -0.4 is 5.32 Å². The highest BCUT2D eigenvalue weighted by Gasteiger charge is 2.10. The lowest BCUT2D eigenvalue weighted by molar-refractivity contribution is 0.742. The third kappa shape index (κ3) is 3.56. The number of hydrogen-bond acceptors (Lipinski definition) is 3. The van der Waals surface area contributed by atoms with Gasteiger partial charge >= 0.3 is 0 Å². The van der Waals surface area contributed by atoms with Gasteiger partial charge in [0.05, 0.1) is 10.7 Å². The van der Waals surface area contributed by atoms with E-state index in [4.69, 9.17) is 4.98 Å². The lowest BCUT2D eigenvalue weighted by atomic mass is 10.0. The van der Waals surface area contributed by atoms with E-state index in [1.165, 1.54) is 26.6 Å². The number of nitrogens with zero attached hydrogens (tertiary/aromatic N) is 1. The zero-order valence-corrected chi connectivity index (χ0v) is 13.3. The Balaban J connectivity index is 2.14. The molecule has 0 unspecified atom stereocenters. The van der Waals surface area contributed by atoms with Crippen molar-refractivity contribution in [1.29, 1.82) is 0 Å². The number of benzene rings is 1. The first-order valence-electron chi connectivity index (χ1n) is 6.97. The van der Waals surface area contributed by atoms with Crippen LogP contribution in [-0.2, 0) is 6.42 Å². The van der Waals surface area contributed by atoms with Crippen LogP contribution in [0.5, 0.6) is 0 Å². The van der Waals surface area contributed by atoms with E-state index in [-0.39, 0.29) is 0 Å². The molecule has 1 aromatic heterocycles. The highest BCUT2D eigenvalue weighted by Crippen LogP contribution is 2.28. The summed E-state index contributed by atoms with van der Waals surface area (Å²) in [6.45, 7) is 12.0. The normalized spacial score (nSPS) is 10.8. The standard InChI is InChI=1S/C17H22N2S/c1-5-9-18-10-8-16-19-17(14(4)20-16)15-7-6-12(2)13(3)11-15/h5-7,11,18H,1,8-10H2,2-4H3. The SMILES string of the molecule is C=CCNCCc1nc(-c2ccc(C)c(C)c2)c(C)s1. The summed E-state index contributed by atoms with van der Waals surface area (Å²) in [5.74, 6) is 0. The minimum Gasteiger partial charge on any atom is -0.313 e. The van der Waals surface area contributed by atoms with Gasteiger partial charge < -0.3 is 5.32 Å². The molecular formula is C17H22N2S. The first-order chi connectivity index (χ1) is 9.61. The first-order valence-corrected chi connectivity index (χ1v) is 7.79. The Labute approximate surface area is 125 Å². The molecule has 0 radical (unpaired) electrons. The molecule has 106 valence electrons. The average molecular weight is 286 g/mol. The molecule has 0 bridgehead atoms. The van der Waals surface area contributed by atoms with Crippen LogP contribution in [0.3, 0.4) is 0 Å². The summed E-state index contributed by atoms with van der Waals surface area (Å²) in [5, 5.41) is 4.52. The average Bonchev–Trinajstić information content (AvgIpc) is 2.79. The second kappa shape index (κ2) is 6.82. The summed E-state index contributed by atoms with van der Waals surface area (Å²) in [6, 6.07) is 6.58. The summed E-state index contributed by atoms with van der Waals surface area (Å²) in [4.78, 5) is 6.10. The van der Waals surface area contributed by atoms with Gasteiger partial charge in [0.2, 0.25) is 0 Å². The predicted molar refractivity (Wildman–Crippen MR) is 88.5 cm³/mol. The van der Waals surface area contributed by atoms with Crippen LogP contribution in [0, 0.1) is 20.8 Å². The summed E-state index contributed by atoms with van der Waals surface area (Å²) >= 11 is 1.80. The fourth-order valence-corrected chi connectivity index (χ4v) is 3.07.